The molecule has 108 valence electrons. The van der Waals surface area contributed by atoms with Gasteiger partial charge in [0.15, 0.2) is 0 Å². The van der Waals surface area contributed by atoms with Gasteiger partial charge in [-0.1, -0.05) is 22.9 Å². The molecule has 0 fully saturated rings. The fourth-order valence-corrected chi connectivity index (χ4v) is 4.81. The van der Waals surface area contributed by atoms with Gasteiger partial charge in [-0.05, 0) is 40.5 Å². The zero-order valence-electron chi connectivity index (χ0n) is 11.9. The zero-order valence-corrected chi connectivity index (χ0v) is 13.6. The first-order valence-corrected chi connectivity index (χ1v) is 9.04. The molecule has 3 rings (SSSR count). The fourth-order valence-electron chi connectivity index (χ4n) is 2.36. The van der Waals surface area contributed by atoms with Crippen LogP contribution in [0.5, 0.6) is 5.75 Å². The fraction of sp³-hybridized carbons (Fsp3) is 0.250. The Morgan fingerprint density at radius 2 is 2.00 bits per heavy atom. The maximum atomic E-state index is 12.8. The van der Waals surface area contributed by atoms with Crippen LogP contribution in [0, 0.1) is 0 Å². The number of hydrogen-bond donors (Lipinski definition) is 0. The molecule has 0 N–H and O–H groups in total. The molecule has 1 heterocycles. The number of thioether (sulfide) groups is 1. The molecule has 0 bridgehead atoms. The number of methoxy groups -OCH3 is 1. The van der Waals surface area contributed by atoms with E-state index in [0.717, 1.165) is 23.4 Å². The van der Waals surface area contributed by atoms with E-state index in [1.807, 2.05) is 48.2 Å². The standard InChI is InChI=1S/C16H17NO2PS/c1-19-14-7-8-16-13(11-14)12-17(9-10-21-16)20(18)15-5-3-2-4-6-15/h2-8,11H,9-10,12H2,1H3/q+1. The summed E-state index contributed by atoms with van der Waals surface area (Å²) in [6.07, 6.45) is 0. The average molecular weight is 318 g/mol. The first kappa shape index (κ1) is 14.6. The molecule has 2 aromatic rings. The molecule has 5 heteroatoms. The highest BCUT2D eigenvalue weighted by Gasteiger charge is 2.32. The Balaban J connectivity index is 1.86. The zero-order chi connectivity index (χ0) is 14.7. The molecular formula is C16H17NO2PS+. The maximum Gasteiger partial charge on any atom is 0.474 e. The largest absolute Gasteiger partial charge is 0.497 e. The van der Waals surface area contributed by atoms with Crippen LogP contribution in [0.1, 0.15) is 5.56 Å². The highest BCUT2D eigenvalue weighted by Crippen LogP contribution is 2.36. The van der Waals surface area contributed by atoms with E-state index in [1.165, 1.54) is 10.5 Å². The van der Waals surface area contributed by atoms with Crippen LogP contribution >= 0.6 is 19.7 Å². The van der Waals surface area contributed by atoms with Gasteiger partial charge < -0.3 is 4.74 Å². The Bertz CT molecular complexity index is 648. The Morgan fingerprint density at radius 1 is 1.19 bits per heavy atom. The van der Waals surface area contributed by atoms with Gasteiger partial charge in [-0.3, -0.25) is 0 Å². The van der Waals surface area contributed by atoms with E-state index >= 15 is 0 Å². The van der Waals surface area contributed by atoms with E-state index in [4.69, 9.17) is 4.74 Å². The highest BCUT2D eigenvalue weighted by molar-refractivity contribution is 7.99. The second-order valence-corrected chi connectivity index (χ2v) is 7.58. The van der Waals surface area contributed by atoms with Crippen LogP contribution in [0.2, 0.25) is 0 Å². The van der Waals surface area contributed by atoms with E-state index in [1.54, 1.807) is 7.11 Å². The van der Waals surface area contributed by atoms with Gasteiger partial charge in [0.1, 0.15) is 5.75 Å². The number of nitrogens with zero attached hydrogens (tertiary/aromatic N) is 1. The molecule has 0 saturated carbocycles. The summed E-state index contributed by atoms with van der Waals surface area (Å²) in [6, 6.07) is 15.8. The summed E-state index contributed by atoms with van der Waals surface area (Å²) in [5.74, 6) is 1.80. The lowest BCUT2D eigenvalue weighted by atomic mass is 10.2. The molecular weight excluding hydrogens is 301 g/mol. The number of ether oxygens (including phenoxy) is 1. The molecule has 1 atom stereocenters. The number of rotatable bonds is 3. The van der Waals surface area contributed by atoms with Crippen molar-refractivity contribution >= 4 is 25.0 Å². The number of hydrogen-bond acceptors (Lipinski definition) is 3. The average Bonchev–Trinajstić information content (AvgIpc) is 2.76. The summed E-state index contributed by atoms with van der Waals surface area (Å²) < 4.78 is 20.1. The van der Waals surface area contributed by atoms with Gasteiger partial charge in [-0.15, -0.1) is 11.8 Å². The molecule has 1 aliphatic heterocycles. The van der Waals surface area contributed by atoms with Crippen molar-refractivity contribution in [1.29, 1.82) is 0 Å². The van der Waals surface area contributed by atoms with Crippen LogP contribution in [-0.2, 0) is 11.1 Å². The Hall–Kier alpha value is -1.35. The summed E-state index contributed by atoms with van der Waals surface area (Å²) >= 11 is 1.82. The summed E-state index contributed by atoms with van der Waals surface area (Å²) in [5, 5.41) is 0.892. The molecule has 1 unspecified atom stereocenters. The maximum absolute atomic E-state index is 12.8. The predicted octanol–water partition coefficient (Wildman–Crippen LogP) is 3.67. The van der Waals surface area contributed by atoms with Crippen LogP contribution in [-0.4, -0.2) is 24.1 Å². The molecule has 0 aliphatic carbocycles. The van der Waals surface area contributed by atoms with Gasteiger partial charge in [0.05, 0.1) is 20.2 Å². The van der Waals surface area contributed by atoms with Crippen molar-refractivity contribution in [2.45, 2.75) is 11.4 Å². The molecule has 3 nitrogen and oxygen atoms in total. The van der Waals surface area contributed by atoms with Crippen molar-refractivity contribution in [2.75, 3.05) is 19.4 Å². The van der Waals surface area contributed by atoms with Crippen LogP contribution < -0.4 is 10.0 Å². The van der Waals surface area contributed by atoms with E-state index in [2.05, 4.69) is 16.8 Å². The highest BCUT2D eigenvalue weighted by atomic mass is 32.2. The van der Waals surface area contributed by atoms with Crippen LogP contribution in [0.4, 0.5) is 0 Å². The van der Waals surface area contributed by atoms with Crippen LogP contribution in [0.15, 0.2) is 53.4 Å². The first-order chi connectivity index (χ1) is 10.3. The van der Waals surface area contributed by atoms with Gasteiger partial charge in [0.25, 0.3) is 0 Å². The van der Waals surface area contributed by atoms with E-state index < -0.39 is 7.95 Å². The van der Waals surface area contributed by atoms with E-state index in [-0.39, 0.29) is 0 Å². The Kier molecular flexibility index (Phi) is 4.59. The molecule has 0 amide bonds. The second-order valence-electron chi connectivity index (χ2n) is 4.82. The normalized spacial score (nSPS) is 16.0. The van der Waals surface area contributed by atoms with Gasteiger partial charge >= 0.3 is 7.95 Å². The van der Waals surface area contributed by atoms with Crippen molar-refractivity contribution in [3.8, 4) is 5.75 Å². The monoisotopic (exact) mass is 318 g/mol. The van der Waals surface area contributed by atoms with Gasteiger partial charge in [0, 0.05) is 10.6 Å². The lowest BCUT2D eigenvalue weighted by Crippen LogP contribution is -2.20. The van der Waals surface area contributed by atoms with Crippen molar-refractivity contribution in [1.82, 2.24) is 4.67 Å². The predicted molar refractivity (Wildman–Crippen MR) is 87.8 cm³/mol. The summed E-state index contributed by atoms with van der Waals surface area (Å²) in [7, 11) is 0.154. The van der Waals surface area contributed by atoms with Crippen molar-refractivity contribution in [2.24, 2.45) is 0 Å². The van der Waals surface area contributed by atoms with Gasteiger partial charge in [-0.25, -0.2) is 0 Å². The first-order valence-electron chi connectivity index (χ1n) is 6.85. The summed E-state index contributed by atoms with van der Waals surface area (Å²) in [6.45, 7) is 1.52. The third-order valence-corrected chi connectivity index (χ3v) is 6.15. The lowest BCUT2D eigenvalue weighted by molar-refractivity contribution is 0.410. The minimum Gasteiger partial charge on any atom is -0.497 e. The molecule has 21 heavy (non-hydrogen) atoms. The topological polar surface area (TPSA) is 29.5 Å². The number of fused-ring (bicyclic) bond motifs is 1. The van der Waals surface area contributed by atoms with E-state index in [9.17, 15) is 4.57 Å². The van der Waals surface area contributed by atoms with E-state index in [0.29, 0.717) is 6.54 Å². The quantitative estimate of drug-likeness (QED) is 0.808. The summed E-state index contributed by atoms with van der Waals surface area (Å²) in [5.41, 5.74) is 1.19. The second kappa shape index (κ2) is 6.61. The minimum atomic E-state index is -1.52. The lowest BCUT2D eigenvalue weighted by Gasteiger charge is -2.09. The molecule has 0 saturated heterocycles. The number of benzene rings is 2. The third kappa shape index (κ3) is 3.29. The van der Waals surface area contributed by atoms with Crippen LogP contribution in [0.3, 0.4) is 0 Å². The Labute approximate surface area is 130 Å². The van der Waals surface area contributed by atoms with Crippen molar-refractivity contribution < 1.29 is 9.30 Å². The molecule has 1 aliphatic rings. The Morgan fingerprint density at radius 3 is 2.76 bits per heavy atom. The minimum absolute atomic E-state index is 0.698. The van der Waals surface area contributed by atoms with Gasteiger partial charge in [-0.2, -0.15) is 0 Å². The van der Waals surface area contributed by atoms with Crippen molar-refractivity contribution in [3.63, 3.8) is 0 Å². The third-order valence-electron chi connectivity index (χ3n) is 3.46. The van der Waals surface area contributed by atoms with Gasteiger partial charge in [0.2, 0.25) is 5.30 Å². The smallest absolute Gasteiger partial charge is 0.474 e. The molecule has 2 aromatic carbocycles. The summed E-state index contributed by atoms with van der Waals surface area (Å²) in [4.78, 5) is 1.26. The SMILES string of the molecule is COc1ccc2c(c1)CN([P+](=O)c1ccccc1)CCS2. The van der Waals surface area contributed by atoms with Crippen LogP contribution in [0.25, 0.3) is 0 Å². The molecule has 0 radical (unpaired) electrons. The molecule has 0 spiro atoms. The van der Waals surface area contributed by atoms with Crippen molar-refractivity contribution in [3.05, 3.63) is 54.1 Å². The molecule has 0 aromatic heterocycles.